The summed E-state index contributed by atoms with van der Waals surface area (Å²) >= 11 is 0. The van der Waals surface area contributed by atoms with Gasteiger partial charge in [0.1, 0.15) is 0 Å². The molecule has 0 saturated carbocycles. The minimum Gasteiger partial charge on any atom is -0.373 e. The Morgan fingerprint density at radius 1 is 1.06 bits per heavy atom. The zero-order chi connectivity index (χ0) is 22.6. The van der Waals surface area contributed by atoms with Crippen LogP contribution in [0.3, 0.4) is 0 Å². The second-order valence-electron chi connectivity index (χ2n) is 8.66. The van der Waals surface area contributed by atoms with Gasteiger partial charge in [-0.15, -0.1) is 0 Å². The maximum Gasteiger partial charge on any atom is 0.261 e. The molecule has 0 aliphatic carbocycles. The van der Waals surface area contributed by atoms with Crippen molar-refractivity contribution in [2.45, 2.75) is 50.3 Å². The van der Waals surface area contributed by atoms with Gasteiger partial charge in [0.25, 0.3) is 15.9 Å². The number of hydrogen-bond acceptors (Lipinski definition) is 5. The van der Waals surface area contributed by atoms with Gasteiger partial charge >= 0.3 is 0 Å². The first-order valence-electron chi connectivity index (χ1n) is 10.4. The van der Waals surface area contributed by atoms with Crippen LogP contribution in [0.5, 0.6) is 0 Å². The van der Waals surface area contributed by atoms with Gasteiger partial charge in [0.05, 0.1) is 17.1 Å². The van der Waals surface area contributed by atoms with E-state index in [2.05, 4.69) is 42.6 Å². The number of sulfonamides is 1. The molecule has 1 saturated heterocycles. The first-order chi connectivity index (χ1) is 14.6. The largest absolute Gasteiger partial charge is 0.373 e. The highest BCUT2D eigenvalue weighted by Crippen LogP contribution is 2.21. The third-order valence-corrected chi connectivity index (χ3v) is 6.78. The molecule has 31 heavy (non-hydrogen) atoms. The molecule has 0 aromatic heterocycles. The SMILES string of the molecule is C[C@@H]1CN(C(C)(C)CNC(=O)c2cccc(NS(=O)(=O)c3ccccc3)c2)C[C@H](C)O1. The molecule has 0 bridgehead atoms. The van der Waals surface area contributed by atoms with E-state index in [0.29, 0.717) is 17.8 Å². The summed E-state index contributed by atoms with van der Waals surface area (Å²) in [5, 5.41) is 2.99. The van der Waals surface area contributed by atoms with E-state index in [9.17, 15) is 13.2 Å². The molecule has 2 aromatic rings. The molecule has 7 nitrogen and oxygen atoms in total. The van der Waals surface area contributed by atoms with Gasteiger partial charge in [-0.1, -0.05) is 24.3 Å². The minimum atomic E-state index is -3.72. The number of amides is 1. The number of morpholine rings is 1. The number of carbonyl (C=O) groups excluding carboxylic acids is 1. The Morgan fingerprint density at radius 3 is 2.35 bits per heavy atom. The lowest BCUT2D eigenvalue weighted by atomic mass is 10.00. The normalized spacial score (nSPS) is 20.3. The van der Waals surface area contributed by atoms with Crippen molar-refractivity contribution < 1.29 is 17.9 Å². The van der Waals surface area contributed by atoms with Gasteiger partial charge in [-0.05, 0) is 58.0 Å². The number of anilines is 1. The van der Waals surface area contributed by atoms with Crippen LogP contribution in [-0.2, 0) is 14.8 Å². The van der Waals surface area contributed by atoms with Crippen molar-refractivity contribution >= 4 is 21.6 Å². The fourth-order valence-electron chi connectivity index (χ4n) is 3.72. The number of ether oxygens (including phenoxy) is 1. The Balaban J connectivity index is 1.65. The number of carbonyl (C=O) groups is 1. The van der Waals surface area contributed by atoms with E-state index in [0.717, 1.165) is 13.1 Å². The average Bonchev–Trinajstić information content (AvgIpc) is 2.72. The number of rotatable bonds is 7. The van der Waals surface area contributed by atoms with Gasteiger partial charge in [-0.25, -0.2) is 8.42 Å². The molecule has 1 aliphatic rings. The smallest absolute Gasteiger partial charge is 0.261 e. The topological polar surface area (TPSA) is 87.7 Å². The second kappa shape index (κ2) is 9.38. The monoisotopic (exact) mass is 445 g/mol. The summed E-state index contributed by atoms with van der Waals surface area (Å²) in [6, 6.07) is 14.6. The van der Waals surface area contributed by atoms with Gasteiger partial charge < -0.3 is 10.1 Å². The van der Waals surface area contributed by atoms with Crippen molar-refractivity contribution in [3.8, 4) is 0 Å². The molecule has 1 aliphatic heterocycles. The molecule has 0 radical (unpaired) electrons. The fraction of sp³-hybridized carbons (Fsp3) is 0.435. The van der Waals surface area contributed by atoms with Crippen molar-refractivity contribution in [2.75, 3.05) is 24.4 Å². The van der Waals surface area contributed by atoms with Crippen LogP contribution in [0.4, 0.5) is 5.69 Å². The second-order valence-corrected chi connectivity index (χ2v) is 10.3. The molecule has 3 rings (SSSR count). The van der Waals surface area contributed by atoms with Crippen LogP contribution in [-0.4, -0.2) is 56.6 Å². The average molecular weight is 446 g/mol. The summed E-state index contributed by atoms with van der Waals surface area (Å²) in [6.45, 7) is 10.4. The zero-order valence-corrected chi connectivity index (χ0v) is 19.3. The van der Waals surface area contributed by atoms with Gasteiger partial charge in [0.15, 0.2) is 0 Å². The van der Waals surface area contributed by atoms with Gasteiger partial charge in [0, 0.05) is 36.4 Å². The summed E-state index contributed by atoms with van der Waals surface area (Å²) in [6.07, 6.45) is 0.293. The van der Waals surface area contributed by atoms with Gasteiger partial charge in [0.2, 0.25) is 0 Å². The Kier molecular flexibility index (Phi) is 7.03. The predicted molar refractivity (Wildman–Crippen MR) is 122 cm³/mol. The zero-order valence-electron chi connectivity index (χ0n) is 18.5. The van der Waals surface area contributed by atoms with Gasteiger partial charge in [-0.3, -0.25) is 14.4 Å². The first kappa shape index (κ1) is 23.2. The molecular weight excluding hydrogens is 414 g/mol. The van der Waals surface area contributed by atoms with Crippen LogP contribution in [0.25, 0.3) is 0 Å². The Morgan fingerprint density at radius 2 is 1.71 bits per heavy atom. The number of nitrogens with one attached hydrogen (secondary N) is 2. The highest BCUT2D eigenvalue weighted by Gasteiger charge is 2.33. The molecule has 1 heterocycles. The molecule has 8 heteroatoms. The van der Waals surface area contributed by atoms with Crippen LogP contribution in [0.2, 0.25) is 0 Å². The lowest BCUT2D eigenvalue weighted by Gasteiger charge is -2.45. The molecule has 1 fully saturated rings. The summed E-state index contributed by atoms with van der Waals surface area (Å²) in [5.74, 6) is -0.247. The van der Waals surface area contributed by atoms with Crippen LogP contribution in [0.1, 0.15) is 38.1 Å². The van der Waals surface area contributed by atoms with E-state index in [1.54, 1.807) is 42.5 Å². The Hall–Kier alpha value is -2.42. The maximum absolute atomic E-state index is 12.8. The number of hydrogen-bond donors (Lipinski definition) is 2. The third-order valence-electron chi connectivity index (χ3n) is 5.39. The van der Waals surface area contributed by atoms with E-state index >= 15 is 0 Å². The van der Waals surface area contributed by atoms with E-state index in [4.69, 9.17) is 4.74 Å². The van der Waals surface area contributed by atoms with Crippen LogP contribution in [0, 0.1) is 0 Å². The van der Waals surface area contributed by atoms with Crippen LogP contribution < -0.4 is 10.0 Å². The van der Waals surface area contributed by atoms with Crippen LogP contribution >= 0.6 is 0 Å². The maximum atomic E-state index is 12.8. The lowest BCUT2D eigenvalue weighted by Crippen LogP contribution is -2.58. The third kappa shape index (κ3) is 6.06. The Labute approximate surface area is 184 Å². The van der Waals surface area contributed by atoms with E-state index in [-0.39, 0.29) is 28.5 Å². The minimum absolute atomic E-state index is 0.146. The lowest BCUT2D eigenvalue weighted by molar-refractivity contribution is -0.0948. The highest BCUT2D eigenvalue weighted by atomic mass is 32.2. The quantitative estimate of drug-likeness (QED) is 0.684. The molecule has 2 atom stereocenters. The van der Waals surface area contributed by atoms with Crippen LogP contribution in [0.15, 0.2) is 59.5 Å². The molecule has 2 N–H and O–H groups in total. The fourth-order valence-corrected chi connectivity index (χ4v) is 4.79. The van der Waals surface area contributed by atoms with Crippen molar-refractivity contribution in [3.63, 3.8) is 0 Å². The molecular formula is C23H31N3O4S. The first-order valence-corrected chi connectivity index (χ1v) is 11.9. The van der Waals surface area contributed by atoms with Crippen molar-refractivity contribution in [1.82, 2.24) is 10.2 Å². The van der Waals surface area contributed by atoms with Crippen molar-refractivity contribution in [2.24, 2.45) is 0 Å². The summed E-state index contributed by atoms with van der Waals surface area (Å²) < 4.78 is 33.4. The van der Waals surface area contributed by atoms with Crippen molar-refractivity contribution in [3.05, 3.63) is 60.2 Å². The number of nitrogens with zero attached hydrogens (tertiary/aromatic N) is 1. The van der Waals surface area contributed by atoms with Gasteiger partial charge in [-0.2, -0.15) is 0 Å². The molecule has 1 amide bonds. The van der Waals surface area contributed by atoms with Crippen molar-refractivity contribution in [1.29, 1.82) is 0 Å². The molecule has 0 unspecified atom stereocenters. The van der Waals surface area contributed by atoms with E-state index in [1.807, 2.05) is 0 Å². The standard InChI is InChI=1S/C23H31N3O4S/c1-17-14-26(15-18(2)30-17)23(3,4)16-24-22(27)19-9-8-10-20(13-19)25-31(28,29)21-11-6-5-7-12-21/h5-13,17-18,25H,14-16H2,1-4H3,(H,24,27)/t17-,18+. The number of benzene rings is 2. The highest BCUT2D eigenvalue weighted by molar-refractivity contribution is 7.92. The predicted octanol–water partition coefficient (Wildman–Crippen LogP) is 3.11. The molecule has 2 aromatic carbocycles. The Bertz CT molecular complexity index is 998. The van der Waals surface area contributed by atoms with E-state index < -0.39 is 10.0 Å². The summed E-state index contributed by atoms with van der Waals surface area (Å²) in [7, 11) is -3.72. The molecule has 168 valence electrons. The summed E-state index contributed by atoms with van der Waals surface area (Å²) in [5.41, 5.74) is 0.494. The molecule has 0 spiro atoms. The summed E-state index contributed by atoms with van der Waals surface area (Å²) in [4.78, 5) is 15.3. The van der Waals surface area contributed by atoms with E-state index in [1.165, 1.54) is 12.1 Å².